The SMILES string of the molecule is COC(=O)c1cccc(-c2ccc(/C=N\NC(=O)CN3CCOCC3)o2)c1. The van der Waals surface area contributed by atoms with Crippen LogP contribution in [0.3, 0.4) is 0 Å². The van der Waals surface area contributed by atoms with Crippen LogP contribution in [0.1, 0.15) is 16.1 Å². The number of hydrogen-bond acceptors (Lipinski definition) is 7. The first-order chi connectivity index (χ1) is 13.2. The number of rotatable bonds is 6. The van der Waals surface area contributed by atoms with Gasteiger partial charge in [0.2, 0.25) is 0 Å². The van der Waals surface area contributed by atoms with Crippen LogP contribution in [0.4, 0.5) is 0 Å². The van der Waals surface area contributed by atoms with E-state index < -0.39 is 5.97 Å². The molecule has 0 radical (unpaired) electrons. The Hall–Kier alpha value is -2.97. The molecule has 2 heterocycles. The highest BCUT2D eigenvalue weighted by molar-refractivity contribution is 5.90. The molecule has 0 saturated carbocycles. The zero-order chi connectivity index (χ0) is 19.1. The molecule has 8 heteroatoms. The van der Waals surface area contributed by atoms with Crippen molar-refractivity contribution < 1.29 is 23.5 Å². The molecular formula is C19H21N3O5. The van der Waals surface area contributed by atoms with Crippen LogP contribution in [0.15, 0.2) is 45.9 Å². The highest BCUT2D eigenvalue weighted by Crippen LogP contribution is 2.22. The van der Waals surface area contributed by atoms with E-state index in [4.69, 9.17) is 13.9 Å². The van der Waals surface area contributed by atoms with Crippen molar-refractivity contribution in [3.8, 4) is 11.3 Å². The van der Waals surface area contributed by atoms with Gasteiger partial charge in [0.15, 0.2) is 0 Å². The quantitative estimate of drug-likeness (QED) is 0.470. The van der Waals surface area contributed by atoms with Crippen molar-refractivity contribution in [2.45, 2.75) is 0 Å². The Morgan fingerprint density at radius 2 is 2.07 bits per heavy atom. The van der Waals surface area contributed by atoms with E-state index in [1.165, 1.54) is 13.3 Å². The second-order valence-corrected chi connectivity index (χ2v) is 5.96. The largest absolute Gasteiger partial charge is 0.465 e. The van der Waals surface area contributed by atoms with Crippen LogP contribution >= 0.6 is 0 Å². The summed E-state index contributed by atoms with van der Waals surface area (Å²) in [5.74, 6) is 0.473. The van der Waals surface area contributed by atoms with Crippen LogP contribution < -0.4 is 5.43 Å². The molecule has 142 valence electrons. The summed E-state index contributed by atoms with van der Waals surface area (Å²) in [5, 5.41) is 3.92. The maximum Gasteiger partial charge on any atom is 0.337 e. The van der Waals surface area contributed by atoms with E-state index in [1.807, 2.05) is 11.0 Å². The van der Waals surface area contributed by atoms with Gasteiger partial charge in [-0.05, 0) is 24.3 Å². The Morgan fingerprint density at radius 1 is 1.26 bits per heavy atom. The molecule has 1 fully saturated rings. The molecule has 1 N–H and O–H groups in total. The lowest BCUT2D eigenvalue weighted by Crippen LogP contribution is -2.42. The lowest BCUT2D eigenvalue weighted by molar-refractivity contribution is -0.123. The third-order valence-electron chi connectivity index (χ3n) is 4.05. The average Bonchev–Trinajstić information content (AvgIpc) is 3.17. The summed E-state index contributed by atoms with van der Waals surface area (Å²) in [6.07, 6.45) is 1.44. The molecule has 8 nitrogen and oxygen atoms in total. The normalized spacial score (nSPS) is 15.0. The fourth-order valence-electron chi connectivity index (χ4n) is 2.66. The zero-order valence-electron chi connectivity index (χ0n) is 15.0. The number of morpholine rings is 1. The molecule has 0 atom stereocenters. The second kappa shape index (κ2) is 9.11. The van der Waals surface area contributed by atoms with Gasteiger partial charge in [0.25, 0.3) is 5.91 Å². The van der Waals surface area contributed by atoms with Gasteiger partial charge in [-0.25, -0.2) is 10.2 Å². The summed E-state index contributed by atoms with van der Waals surface area (Å²) >= 11 is 0. The van der Waals surface area contributed by atoms with Crippen molar-refractivity contribution in [1.29, 1.82) is 0 Å². The Labute approximate surface area is 156 Å². The van der Waals surface area contributed by atoms with E-state index in [0.29, 0.717) is 30.3 Å². The van der Waals surface area contributed by atoms with Gasteiger partial charge in [0, 0.05) is 18.7 Å². The number of hydrazone groups is 1. The molecule has 0 bridgehead atoms. The predicted molar refractivity (Wildman–Crippen MR) is 98.5 cm³/mol. The van der Waals surface area contributed by atoms with Crippen LogP contribution in [0.25, 0.3) is 11.3 Å². The van der Waals surface area contributed by atoms with E-state index in [-0.39, 0.29) is 12.5 Å². The summed E-state index contributed by atoms with van der Waals surface area (Å²) < 4.78 is 15.7. The smallest absolute Gasteiger partial charge is 0.337 e. The summed E-state index contributed by atoms with van der Waals surface area (Å²) in [4.78, 5) is 25.5. The van der Waals surface area contributed by atoms with Gasteiger partial charge in [-0.2, -0.15) is 5.10 Å². The van der Waals surface area contributed by atoms with Crippen molar-refractivity contribution in [2.75, 3.05) is 40.0 Å². The van der Waals surface area contributed by atoms with Gasteiger partial charge >= 0.3 is 5.97 Å². The van der Waals surface area contributed by atoms with Gasteiger partial charge in [-0.1, -0.05) is 12.1 Å². The molecule has 0 spiro atoms. The Morgan fingerprint density at radius 3 is 2.85 bits per heavy atom. The minimum absolute atomic E-state index is 0.189. The first-order valence-electron chi connectivity index (χ1n) is 8.56. The summed E-state index contributed by atoms with van der Waals surface area (Å²) in [6.45, 7) is 3.04. The molecule has 1 amide bonds. The molecule has 0 aliphatic carbocycles. The van der Waals surface area contributed by atoms with Crippen LogP contribution in [-0.4, -0.2) is 62.9 Å². The lowest BCUT2D eigenvalue weighted by atomic mass is 10.1. The standard InChI is InChI=1S/C19H21N3O5/c1-25-19(24)15-4-2-3-14(11-15)17-6-5-16(27-17)12-20-21-18(23)13-22-7-9-26-10-8-22/h2-6,11-12H,7-10,13H2,1H3,(H,21,23)/b20-12-. The Balaban J connectivity index is 1.56. The lowest BCUT2D eigenvalue weighted by Gasteiger charge is -2.25. The molecular weight excluding hydrogens is 350 g/mol. The van der Waals surface area contributed by atoms with E-state index in [1.54, 1.807) is 30.3 Å². The van der Waals surface area contributed by atoms with E-state index >= 15 is 0 Å². The van der Waals surface area contributed by atoms with Gasteiger partial charge in [-0.3, -0.25) is 9.69 Å². The minimum Gasteiger partial charge on any atom is -0.465 e. The molecule has 0 unspecified atom stereocenters. The topological polar surface area (TPSA) is 93.4 Å². The molecule has 1 aromatic carbocycles. The van der Waals surface area contributed by atoms with Crippen molar-refractivity contribution in [3.63, 3.8) is 0 Å². The first kappa shape index (κ1) is 18.8. The third kappa shape index (κ3) is 5.25. The summed E-state index contributed by atoms with van der Waals surface area (Å²) in [7, 11) is 1.34. The van der Waals surface area contributed by atoms with Crippen LogP contribution in [0.2, 0.25) is 0 Å². The fraction of sp³-hybridized carbons (Fsp3) is 0.316. The number of nitrogens with zero attached hydrogens (tertiary/aromatic N) is 2. The average molecular weight is 371 g/mol. The van der Waals surface area contributed by atoms with Gasteiger partial charge in [0.05, 0.1) is 38.6 Å². The molecule has 3 rings (SSSR count). The van der Waals surface area contributed by atoms with Gasteiger partial charge in [0.1, 0.15) is 11.5 Å². The number of benzene rings is 1. The Kier molecular flexibility index (Phi) is 6.35. The fourth-order valence-corrected chi connectivity index (χ4v) is 2.66. The highest BCUT2D eigenvalue weighted by Gasteiger charge is 2.13. The molecule has 1 aliphatic heterocycles. The number of carbonyl (C=O) groups excluding carboxylic acids is 2. The monoisotopic (exact) mass is 371 g/mol. The van der Waals surface area contributed by atoms with Gasteiger partial charge in [-0.15, -0.1) is 0 Å². The number of carbonyl (C=O) groups is 2. The number of methoxy groups -OCH3 is 1. The maximum atomic E-state index is 11.9. The van der Waals surface area contributed by atoms with E-state index in [0.717, 1.165) is 18.7 Å². The Bertz CT molecular complexity index is 824. The molecule has 1 saturated heterocycles. The third-order valence-corrected chi connectivity index (χ3v) is 4.05. The van der Waals surface area contributed by atoms with E-state index in [2.05, 4.69) is 10.5 Å². The number of ether oxygens (including phenoxy) is 2. The number of furan rings is 1. The first-order valence-corrected chi connectivity index (χ1v) is 8.56. The second-order valence-electron chi connectivity index (χ2n) is 5.96. The molecule has 1 aliphatic rings. The molecule has 27 heavy (non-hydrogen) atoms. The van der Waals surface area contributed by atoms with Crippen molar-refractivity contribution in [2.24, 2.45) is 5.10 Å². The van der Waals surface area contributed by atoms with E-state index in [9.17, 15) is 9.59 Å². The minimum atomic E-state index is -0.409. The number of hydrogen-bond donors (Lipinski definition) is 1. The van der Waals surface area contributed by atoms with Crippen LogP contribution in [0.5, 0.6) is 0 Å². The van der Waals surface area contributed by atoms with Crippen LogP contribution in [0, 0.1) is 0 Å². The zero-order valence-corrected chi connectivity index (χ0v) is 15.0. The van der Waals surface area contributed by atoms with Crippen molar-refractivity contribution in [3.05, 3.63) is 47.7 Å². The molecule has 1 aromatic heterocycles. The predicted octanol–water partition coefficient (Wildman–Crippen LogP) is 1.52. The maximum absolute atomic E-state index is 11.9. The highest BCUT2D eigenvalue weighted by atomic mass is 16.5. The van der Waals surface area contributed by atoms with Gasteiger partial charge < -0.3 is 13.9 Å². The molecule has 2 aromatic rings. The number of nitrogens with one attached hydrogen (secondary N) is 1. The summed E-state index contributed by atoms with van der Waals surface area (Å²) in [5.41, 5.74) is 3.67. The number of esters is 1. The van der Waals surface area contributed by atoms with Crippen molar-refractivity contribution >= 4 is 18.1 Å². The van der Waals surface area contributed by atoms with Crippen molar-refractivity contribution in [1.82, 2.24) is 10.3 Å². The van der Waals surface area contributed by atoms with Crippen LogP contribution in [-0.2, 0) is 14.3 Å². The summed E-state index contributed by atoms with van der Waals surface area (Å²) in [6, 6.07) is 10.4. The number of amides is 1.